The number of rotatable bonds is 3. The molecule has 28 heavy (non-hydrogen) atoms. The van der Waals surface area contributed by atoms with E-state index >= 15 is 0 Å². The number of aliphatic imine (C=N–C) groups is 1. The van der Waals surface area contributed by atoms with Gasteiger partial charge >= 0.3 is 5.97 Å². The van der Waals surface area contributed by atoms with Gasteiger partial charge in [-0.15, -0.1) is 0 Å². The number of cyclic esters (lactones) is 1. The minimum atomic E-state index is -3.07. The van der Waals surface area contributed by atoms with Crippen LogP contribution >= 0.6 is 11.6 Å². The van der Waals surface area contributed by atoms with Gasteiger partial charge in [0.2, 0.25) is 5.90 Å². The average Bonchev–Trinajstić information content (AvgIpc) is 3.27. The Morgan fingerprint density at radius 3 is 2.61 bits per heavy atom. The number of esters is 1. The zero-order valence-corrected chi connectivity index (χ0v) is 16.9. The molecule has 3 heterocycles. The van der Waals surface area contributed by atoms with E-state index in [1.165, 1.54) is 10.8 Å². The van der Waals surface area contributed by atoms with E-state index in [0.717, 1.165) is 5.56 Å². The van der Waals surface area contributed by atoms with Crippen LogP contribution in [0.2, 0.25) is 5.15 Å². The Kier molecular flexibility index (Phi) is 4.63. The van der Waals surface area contributed by atoms with Crippen LogP contribution in [0.1, 0.15) is 34.8 Å². The van der Waals surface area contributed by atoms with Crippen LogP contribution in [-0.2, 0) is 19.4 Å². The molecule has 1 fully saturated rings. The number of benzene rings is 1. The van der Waals surface area contributed by atoms with Gasteiger partial charge in [0, 0.05) is 11.1 Å². The summed E-state index contributed by atoms with van der Waals surface area (Å²) in [5.41, 5.74) is 3.05. The second kappa shape index (κ2) is 6.86. The van der Waals surface area contributed by atoms with Gasteiger partial charge in [-0.1, -0.05) is 29.3 Å². The van der Waals surface area contributed by atoms with E-state index in [0.29, 0.717) is 28.4 Å². The molecule has 7 nitrogen and oxygen atoms in total. The molecule has 1 aromatic heterocycles. The van der Waals surface area contributed by atoms with Crippen molar-refractivity contribution in [3.8, 4) is 0 Å². The topological polar surface area (TPSA) is 90.6 Å². The lowest BCUT2D eigenvalue weighted by molar-refractivity contribution is -0.129. The third-order valence-corrected chi connectivity index (χ3v) is 6.95. The molecular formula is C19H18ClN3O4S. The van der Waals surface area contributed by atoms with Gasteiger partial charge < -0.3 is 4.74 Å². The number of carbonyl (C=O) groups excluding carboxylic acids is 1. The van der Waals surface area contributed by atoms with Crippen molar-refractivity contribution >= 4 is 39.4 Å². The molecule has 9 heteroatoms. The molecule has 1 aromatic carbocycles. The van der Waals surface area contributed by atoms with Crippen molar-refractivity contribution < 1.29 is 17.9 Å². The molecule has 2 aliphatic heterocycles. The van der Waals surface area contributed by atoms with Crippen LogP contribution in [0.3, 0.4) is 0 Å². The Hall–Kier alpha value is -2.45. The van der Waals surface area contributed by atoms with Gasteiger partial charge in [0.1, 0.15) is 5.15 Å². The predicted octanol–water partition coefficient (Wildman–Crippen LogP) is 2.86. The SMILES string of the molecule is Cc1ccc(C2=N/C(=C\c3c(C)nn(C4CCS(=O)(=O)C4)c3Cl)C(=O)O2)cc1. The molecule has 1 saturated heterocycles. The Balaban J connectivity index is 1.67. The molecule has 0 radical (unpaired) electrons. The molecule has 0 amide bonds. The van der Waals surface area contributed by atoms with E-state index in [2.05, 4.69) is 10.1 Å². The molecule has 2 aromatic rings. The van der Waals surface area contributed by atoms with Crippen LogP contribution in [-0.4, -0.2) is 41.6 Å². The van der Waals surface area contributed by atoms with Gasteiger partial charge in [-0.05, 0) is 38.5 Å². The zero-order valence-electron chi connectivity index (χ0n) is 15.3. The average molecular weight is 420 g/mol. The highest BCUT2D eigenvalue weighted by atomic mass is 35.5. The van der Waals surface area contributed by atoms with Crippen molar-refractivity contribution in [2.75, 3.05) is 11.5 Å². The number of aryl methyl sites for hydroxylation is 2. The summed E-state index contributed by atoms with van der Waals surface area (Å²) in [4.78, 5) is 16.5. The molecule has 4 rings (SSSR count). The molecule has 2 aliphatic rings. The van der Waals surface area contributed by atoms with Gasteiger partial charge in [0.15, 0.2) is 15.5 Å². The normalized spacial score (nSPS) is 22.5. The quantitative estimate of drug-likeness (QED) is 0.563. The summed E-state index contributed by atoms with van der Waals surface area (Å²) in [6.45, 7) is 3.72. The van der Waals surface area contributed by atoms with Crippen molar-refractivity contribution in [1.29, 1.82) is 0 Å². The summed E-state index contributed by atoms with van der Waals surface area (Å²) in [5.74, 6) is -0.192. The Morgan fingerprint density at radius 1 is 1.25 bits per heavy atom. The zero-order chi connectivity index (χ0) is 20.1. The van der Waals surface area contributed by atoms with Gasteiger partial charge in [-0.2, -0.15) is 5.10 Å². The first kappa shape index (κ1) is 18.9. The summed E-state index contributed by atoms with van der Waals surface area (Å²) in [6, 6.07) is 7.19. The highest BCUT2D eigenvalue weighted by molar-refractivity contribution is 7.91. The van der Waals surface area contributed by atoms with Crippen LogP contribution in [0.25, 0.3) is 6.08 Å². The predicted molar refractivity (Wildman–Crippen MR) is 106 cm³/mol. The van der Waals surface area contributed by atoms with Crippen molar-refractivity contribution in [2.24, 2.45) is 4.99 Å². The molecule has 0 N–H and O–H groups in total. The summed E-state index contributed by atoms with van der Waals surface area (Å²) in [7, 11) is -3.07. The first-order chi connectivity index (χ1) is 13.2. The first-order valence-corrected chi connectivity index (χ1v) is 11.0. The lowest BCUT2D eigenvalue weighted by atomic mass is 10.1. The molecule has 146 valence electrons. The van der Waals surface area contributed by atoms with E-state index < -0.39 is 15.8 Å². The number of hydrogen-bond donors (Lipinski definition) is 0. The van der Waals surface area contributed by atoms with Crippen LogP contribution < -0.4 is 0 Å². The fraction of sp³-hybridized carbons (Fsp3) is 0.316. The third-order valence-electron chi connectivity index (χ3n) is 4.83. The summed E-state index contributed by atoms with van der Waals surface area (Å²) >= 11 is 6.46. The van der Waals surface area contributed by atoms with Gasteiger partial charge in [0.05, 0.1) is 23.2 Å². The van der Waals surface area contributed by atoms with Crippen molar-refractivity contribution in [2.45, 2.75) is 26.3 Å². The molecular weight excluding hydrogens is 402 g/mol. The summed E-state index contributed by atoms with van der Waals surface area (Å²) in [6.07, 6.45) is 2.01. The van der Waals surface area contributed by atoms with Crippen LogP contribution in [0.15, 0.2) is 35.0 Å². The van der Waals surface area contributed by atoms with Crippen molar-refractivity contribution in [3.63, 3.8) is 0 Å². The standard InChI is InChI=1S/C19H18ClN3O4S/c1-11-3-5-13(6-4-11)18-21-16(19(24)27-18)9-15-12(2)22-23(17(15)20)14-7-8-28(25,26)10-14/h3-6,9,14H,7-8,10H2,1-2H3/b16-9-. The first-order valence-electron chi connectivity index (χ1n) is 8.78. The maximum absolute atomic E-state index is 12.2. The Bertz CT molecular complexity index is 1130. The molecule has 0 bridgehead atoms. The van der Waals surface area contributed by atoms with E-state index in [4.69, 9.17) is 16.3 Å². The number of carbonyl (C=O) groups is 1. The van der Waals surface area contributed by atoms with E-state index in [1.54, 1.807) is 6.92 Å². The smallest absolute Gasteiger partial charge is 0.363 e. The van der Waals surface area contributed by atoms with Crippen LogP contribution in [0, 0.1) is 13.8 Å². The highest BCUT2D eigenvalue weighted by Gasteiger charge is 2.32. The van der Waals surface area contributed by atoms with Gasteiger partial charge in [-0.3, -0.25) is 0 Å². The lowest BCUT2D eigenvalue weighted by Crippen LogP contribution is -2.12. The van der Waals surface area contributed by atoms with Crippen LogP contribution in [0.5, 0.6) is 0 Å². The van der Waals surface area contributed by atoms with Crippen molar-refractivity contribution in [1.82, 2.24) is 9.78 Å². The highest BCUT2D eigenvalue weighted by Crippen LogP contribution is 2.32. The van der Waals surface area contributed by atoms with E-state index in [9.17, 15) is 13.2 Å². The molecule has 0 saturated carbocycles. The van der Waals surface area contributed by atoms with Gasteiger partial charge in [-0.25, -0.2) is 22.9 Å². The Labute approximate surface area is 167 Å². The van der Waals surface area contributed by atoms with E-state index in [-0.39, 0.29) is 29.1 Å². The number of halogens is 1. The number of aromatic nitrogens is 2. The maximum Gasteiger partial charge on any atom is 0.363 e. The van der Waals surface area contributed by atoms with Crippen molar-refractivity contribution in [3.05, 3.63) is 57.5 Å². The molecule has 0 aliphatic carbocycles. The summed E-state index contributed by atoms with van der Waals surface area (Å²) < 4.78 is 30.3. The summed E-state index contributed by atoms with van der Waals surface area (Å²) in [5, 5.41) is 4.68. The monoisotopic (exact) mass is 419 g/mol. The molecule has 0 spiro atoms. The maximum atomic E-state index is 12.2. The minimum Gasteiger partial charge on any atom is -0.402 e. The minimum absolute atomic E-state index is 0.0155. The Morgan fingerprint density at radius 2 is 1.96 bits per heavy atom. The fourth-order valence-corrected chi connectivity index (χ4v) is 5.33. The lowest BCUT2D eigenvalue weighted by Gasteiger charge is -2.09. The second-order valence-electron chi connectivity index (χ2n) is 6.99. The number of nitrogens with zero attached hydrogens (tertiary/aromatic N) is 3. The van der Waals surface area contributed by atoms with E-state index in [1.807, 2.05) is 31.2 Å². The van der Waals surface area contributed by atoms with Gasteiger partial charge in [0.25, 0.3) is 0 Å². The van der Waals surface area contributed by atoms with Crippen LogP contribution in [0.4, 0.5) is 0 Å². The largest absolute Gasteiger partial charge is 0.402 e. The number of ether oxygens (including phenoxy) is 1. The molecule has 1 unspecified atom stereocenters. The second-order valence-corrected chi connectivity index (χ2v) is 9.58. The third kappa shape index (κ3) is 3.49. The fourth-order valence-electron chi connectivity index (χ4n) is 3.27. The number of hydrogen-bond acceptors (Lipinski definition) is 6. The number of sulfone groups is 1. The molecule has 1 atom stereocenters.